The molecule has 0 saturated heterocycles. The Kier molecular flexibility index (Phi) is 4.39. The van der Waals surface area contributed by atoms with Crippen LogP contribution in [0, 0.1) is 11.8 Å². The Hall–Kier alpha value is -1.02. The van der Waals surface area contributed by atoms with Gasteiger partial charge in [0.2, 0.25) is 0 Å². The lowest BCUT2D eigenvalue weighted by atomic mass is 10.2. The van der Waals surface area contributed by atoms with Crippen molar-refractivity contribution in [3.63, 3.8) is 0 Å². The van der Waals surface area contributed by atoms with Crippen molar-refractivity contribution in [2.45, 2.75) is 32.1 Å². The zero-order chi connectivity index (χ0) is 12.9. The fraction of sp³-hybridized carbons (Fsp3) is 0.647. The second-order valence-electron chi connectivity index (χ2n) is 6.29. The van der Waals surface area contributed by atoms with Crippen molar-refractivity contribution >= 4 is 5.69 Å². The molecule has 19 heavy (non-hydrogen) atoms. The molecule has 1 aromatic rings. The maximum Gasteiger partial charge on any atom is 0.0340 e. The van der Waals surface area contributed by atoms with Crippen molar-refractivity contribution in [3.8, 4) is 0 Å². The number of hydrogen-bond acceptors (Lipinski definition) is 2. The van der Waals surface area contributed by atoms with E-state index in [0.717, 1.165) is 18.4 Å². The number of nitrogens with zero attached hydrogens (tertiary/aromatic N) is 1. The molecule has 0 bridgehead atoms. The van der Waals surface area contributed by atoms with Crippen molar-refractivity contribution in [3.05, 3.63) is 30.3 Å². The van der Waals surface area contributed by atoms with Gasteiger partial charge in [-0.1, -0.05) is 18.2 Å². The average molecular weight is 258 g/mol. The Bertz CT molecular complexity index is 354. The number of hydrogen-bond donors (Lipinski definition) is 1. The van der Waals surface area contributed by atoms with E-state index in [0.29, 0.717) is 0 Å². The van der Waals surface area contributed by atoms with Gasteiger partial charge >= 0.3 is 0 Å². The van der Waals surface area contributed by atoms with Gasteiger partial charge < -0.3 is 10.2 Å². The van der Waals surface area contributed by atoms with Crippen molar-refractivity contribution < 1.29 is 0 Å². The number of nitrogens with one attached hydrogen (secondary N) is 1. The number of rotatable bonds is 9. The van der Waals surface area contributed by atoms with E-state index in [-0.39, 0.29) is 0 Å². The summed E-state index contributed by atoms with van der Waals surface area (Å²) < 4.78 is 0. The minimum absolute atomic E-state index is 1.03. The highest BCUT2D eigenvalue weighted by Gasteiger charge is 2.28. The lowest BCUT2D eigenvalue weighted by Crippen LogP contribution is -2.30. The van der Waals surface area contributed by atoms with Crippen molar-refractivity contribution in [2.24, 2.45) is 11.8 Å². The molecule has 0 radical (unpaired) electrons. The van der Waals surface area contributed by atoms with Crippen LogP contribution >= 0.6 is 0 Å². The molecule has 1 aromatic carbocycles. The first-order valence-corrected chi connectivity index (χ1v) is 7.91. The average Bonchev–Trinajstić information content (AvgIpc) is 3.32. The van der Waals surface area contributed by atoms with E-state index in [1.807, 2.05) is 0 Å². The van der Waals surface area contributed by atoms with Gasteiger partial charge in [-0.15, -0.1) is 0 Å². The Morgan fingerprint density at radius 2 is 1.58 bits per heavy atom. The Labute approximate surface area is 117 Å². The van der Waals surface area contributed by atoms with Crippen LogP contribution in [0.5, 0.6) is 0 Å². The van der Waals surface area contributed by atoms with E-state index < -0.39 is 0 Å². The predicted molar refractivity (Wildman–Crippen MR) is 81.4 cm³/mol. The highest BCUT2D eigenvalue weighted by atomic mass is 15.1. The van der Waals surface area contributed by atoms with Crippen LogP contribution in [-0.4, -0.2) is 31.1 Å². The summed E-state index contributed by atoms with van der Waals surface area (Å²) in [5.74, 6) is 2.06. The van der Waals surface area contributed by atoms with Gasteiger partial charge in [-0.05, 0) is 62.6 Å². The molecule has 3 rings (SSSR count). The van der Waals surface area contributed by atoms with E-state index in [1.54, 1.807) is 0 Å². The van der Waals surface area contributed by atoms with Gasteiger partial charge in [-0.2, -0.15) is 0 Å². The molecule has 2 nitrogen and oxygen atoms in total. The van der Waals surface area contributed by atoms with Crippen molar-refractivity contribution in [1.82, 2.24) is 4.90 Å². The Morgan fingerprint density at radius 3 is 2.16 bits per heavy atom. The van der Waals surface area contributed by atoms with Crippen LogP contribution in [0.1, 0.15) is 32.1 Å². The molecule has 2 aliphatic rings. The Balaban J connectivity index is 1.34. The van der Waals surface area contributed by atoms with Crippen LogP contribution < -0.4 is 5.32 Å². The molecule has 2 heteroatoms. The summed E-state index contributed by atoms with van der Waals surface area (Å²) in [4.78, 5) is 2.72. The van der Waals surface area contributed by atoms with Gasteiger partial charge in [0, 0.05) is 25.3 Å². The summed E-state index contributed by atoms with van der Waals surface area (Å²) in [5.41, 5.74) is 1.25. The Morgan fingerprint density at radius 1 is 0.947 bits per heavy atom. The molecule has 0 spiro atoms. The molecule has 104 valence electrons. The maximum atomic E-state index is 3.51. The second-order valence-corrected chi connectivity index (χ2v) is 6.29. The molecule has 0 aliphatic heterocycles. The molecule has 2 fully saturated rings. The lowest BCUT2D eigenvalue weighted by molar-refractivity contribution is 0.252. The fourth-order valence-corrected chi connectivity index (χ4v) is 2.68. The van der Waals surface area contributed by atoms with Crippen molar-refractivity contribution in [2.75, 3.05) is 31.5 Å². The topological polar surface area (TPSA) is 15.3 Å². The summed E-state index contributed by atoms with van der Waals surface area (Å²) >= 11 is 0. The molecule has 0 unspecified atom stereocenters. The molecule has 0 heterocycles. The third-order valence-corrected chi connectivity index (χ3v) is 4.18. The van der Waals surface area contributed by atoms with E-state index in [2.05, 4.69) is 40.5 Å². The predicted octanol–water partition coefficient (Wildman–Crippen LogP) is 3.61. The first kappa shape index (κ1) is 13.0. The van der Waals surface area contributed by atoms with Gasteiger partial charge in [0.1, 0.15) is 0 Å². The molecular weight excluding hydrogens is 232 g/mol. The zero-order valence-corrected chi connectivity index (χ0v) is 11.9. The van der Waals surface area contributed by atoms with Gasteiger partial charge in [0.15, 0.2) is 0 Å². The highest BCUT2D eigenvalue weighted by molar-refractivity contribution is 5.42. The van der Waals surface area contributed by atoms with Crippen LogP contribution in [0.4, 0.5) is 5.69 Å². The molecular formula is C17H26N2. The zero-order valence-electron chi connectivity index (χ0n) is 11.9. The fourth-order valence-electron chi connectivity index (χ4n) is 2.68. The smallest absolute Gasteiger partial charge is 0.0340 e. The summed E-state index contributed by atoms with van der Waals surface area (Å²) in [6.45, 7) is 5.09. The molecule has 2 aliphatic carbocycles. The maximum absolute atomic E-state index is 3.51. The largest absolute Gasteiger partial charge is 0.385 e. The third-order valence-electron chi connectivity index (χ3n) is 4.18. The van der Waals surface area contributed by atoms with E-state index >= 15 is 0 Å². The standard InChI is InChI=1S/C17H26N2/c1-2-5-17(6-3-1)18-11-4-12-19(13-15-7-8-15)14-16-9-10-16/h1-3,5-6,15-16,18H,4,7-14H2. The van der Waals surface area contributed by atoms with Crippen molar-refractivity contribution in [1.29, 1.82) is 0 Å². The minimum Gasteiger partial charge on any atom is -0.385 e. The first-order chi connectivity index (χ1) is 9.40. The van der Waals surface area contributed by atoms with Gasteiger partial charge in [-0.25, -0.2) is 0 Å². The molecule has 0 aromatic heterocycles. The summed E-state index contributed by atoms with van der Waals surface area (Å²) in [5, 5.41) is 3.51. The second kappa shape index (κ2) is 6.42. The summed E-state index contributed by atoms with van der Waals surface area (Å²) in [6, 6.07) is 10.5. The van der Waals surface area contributed by atoms with Crippen LogP contribution in [0.25, 0.3) is 0 Å². The first-order valence-electron chi connectivity index (χ1n) is 7.91. The van der Waals surface area contributed by atoms with E-state index in [9.17, 15) is 0 Å². The van der Waals surface area contributed by atoms with Gasteiger partial charge in [0.25, 0.3) is 0 Å². The lowest BCUT2D eigenvalue weighted by Gasteiger charge is -2.22. The third kappa shape index (κ3) is 4.87. The van der Waals surface area contributed by atoms with Crippen LogP contribution in [-0.2, 0) is 0 Å². The summed E-state index contributed by atoms with van der Waals surface area (Å²) in [7, 11) is 0. The number of para-hydroxylation sites is 1. The SMILES string of the molecule is c1ccc(NCCCN(CC2CC2)CC2CC2)cc1. The number of benzene rings is 1. The molecule has 0 amide bonds. The van der Waals surface area contributed by atoms with Crippen LogP contribution in [0.2, 0.25) is 0 Å². The van der Waals surface area contributed by atoms with E-state index in [1.165, 1.54) is 57.4 Å². The summed E-state index contributed by atoms with van der Waals surface area (Å²) in [6.07, 6.45) is 7.16. The highest BCUT2D eigenvalue weighted by Crippen LogP contribution is 2.33. The molecule has 2 saturated carbocycles. The van der Waals surface area contributed by atoms with Crippen LogP contribution in [0.15, 0.2) is 30.3 Å². The monoisotopic (exact) mass is 258 g/mol. The van der Waals surface area contributed by atoms with Gasteiger partial charge in [-0.3, -0.25) is 0 Å². The van der Waals surface area contributed by atoms with E-state index in [4.69, 9.17) is 0 Å². The van der Waals surface area contributed by atoms with Gasteiger partial charge in [0.05, 0.1) is 0 Å². The minimum atomic E-state index is 1.03. The quantitative estimate of drug-likeness (QED) is 0.681. The normalized spacial score (nSPS) is 18.8. The number of anilines is 1. The van der Waals surface area contributed by atoms with Crippen LogP contribution in [0.3, 0.4) is 0 Å². The molecule has 1 N–H and O–H groups in total. The molecule has 0 atom stereocenters.